The fourth-order valence-electron chi connectivity index (χ4n) is 2.34. The topological polar surface area (TPSA) is 3.24 Å². The molecule has 0 saturated heterocycles. The third-order valence-corrected chi connectivity index (χ3v) is 3.41. The van der Waals surface area contributed by atoms with Gasteiger partial charge in [0, 0.05) is 6.54 Å². The Morgan fingerprint density at radius 3 is 1.93 bits per heavy atom. The number of hydrogen-bond acceptors (Lipinski definition) is 1. The lowest BCUT2D eigenvalue weighted by molar-refractivity contribution is 0.259. The highest BCUT2D eigenvalue weighted by Gasteiger charge is 2.14. The molecule has 2 atom stereocenters. The van der Waals surface area contributed by atoms with Crippen molar-refractivity contribution in [2.24, 2.45) is 11.8 Å². The first-order chi connectivity index (χ1) is 7.13. The largest absolute Gasteiger partial charge is 0.309 e. The molecule has 1 heteroatoms. The van der Waals surface area contributed by atoms with Crippen LogP contribution in [0.15, 0.2) is 0 Å². The maximum atomic E-state index is 2.35. The number of unbranched alkanes of at least 4 members (excludes halogenated alkanes) is 1. The van der Waals surface area contributed by atoms with Crippen molar-refractivity contribution < 1.29 is 0 Å². The quantitative estimate of drug-likeness (QED) is 0.555. The third-order valence-electron chi connectivity index (χ3n) is 3.41. The van der Waals surface area contributed by atoms with Gasteiger partial charge in [-0.15, -0.1) is 0 Å². The first-order valence-corrected chi connectivity index (χ1v) is 6.78. The first-order valence-electron chi connectivity index (χ1n) is 6.78. The normalized spacial score (nSPS) is 15.6. The summed E-state index contributed by atoms with van der Waals surface area (Å²) in [6.45, 7) is 8.24. The molecule has 0 aromatic rings. The monoisotopic (exact) mass is 213 g/mol. The standard InChI is InChI=1S/C14H31N/c1-6-9-10-13(7-2)11-14(8-3)12-15(4)5/h13-14H,6-12H2,1-5H3. The molecule has 0 fully saturated rings. The van der Waals surface area contributed by atoms with E-state index in [4.69, 9.17) is 0 Å². The SMILES string of the molecule is CCCCC(CC)CC(CC)CN(C)C. The predicted molar refractivity (Wildman–Crippen MR) is 70.3 cm³/mol. The molecule has 0 saturated carbocycles. The van der Waals surface area contributed by atoms with Crippen molar-refractivity contribution in [3.05, 3.63) is 0 Å². The Morgan fingerprint density at radius 2 is 1.53 bits per heavy atom. The molecule has 0 aromatic heterocycles. The van der Waals surface area contributed by atoms with E-state index >= 15 is 0 Å². The van der Waals surface area contributed by atoms with E-state index in [0.29, 0.717) is 0 Å². The lowest BCUT2D eigenvalue weighted by Crippen LogP contribution is -2.23. The molecule has 0 aliphatic heterocycles. The van der Waals surface area contributed by atoms with E-state index in [2.05, 4.69) is 39.8 Å². The molecule has 1 nitrogen and oxygen atoms in total. The van der Waals surface area contributed by atoms with E-state index in [1.807, 2.05) is 0 Å². The Kier molecular flexibility index (Phi) is 9.18. The number of hydrogen-bond donors (Lipinski definition) is 0. The van der Waals surface area contributed by atoms with E-state index in [1.54, 1.807) is 0 Å². The molecule has 0 aromatic carbocycles. The lowest BCUT2D eigenvalue weighted by Gasteiger charge is -2.24. The van der Waals surface area contributed by atoms with Crippen molar-refractivity contribution in [3.8, 4) is 0 Å². The average Bonchev–Trinajstić information content (AvgIpc) is 2.21. The highest BCUT2D eigenvalue weighted by atomic mass is 15.1. The van der Waals surface area contributed by atoms with Gasteiger partial charge in [0.25, 0.3) is 0 Å². The molecular weight excluding hydrogens is 182 g/mol. The highest BCUT2D eigenvalue weighted by molar-refractivity contribution is 4.67. The fourth-order valence-corrected chi connectivity index (χ4v) is 2.34. The van der Waals surface area contributed by atoms with Crippen LogP contribution in [0.4, 0.5) is 0 Å². The highest BCUT2D eigenvalue weighted by Crippen LogP contribution is 2.23. The van der Waals surface area contributed by atoms with Crippen LogP contribution in [0.2, 0.25) is 0 Å². The Hall–Kier alpha value is -0.0400. The second-order valence-corrected chi connectivity index (χ2v) is 5.19. The van der Waals surface area contributed by atoms with Gasteiger partial charge in [0.1, 0.15) is 0 Å². The maximum absolute atomic E-state index is 2.35. The van der Waals surface area contributed by atoms with Gasteiger partial charge in [-0.25, -0.2) is 0 Å². The predicted octanol–water partition coefficient (Wildman–Crippen LogP) is 4.18. The molecular formula is C14H31N. The fraction of sp³-hybridized carbons (Fsp3) is 1.00. The number of nitrogens with zero attached hydrogens (tertiary/aromatic N) is 1. The second-order valence-electron chi connectivity index (χ2n) is 5.19. The molecule has 0 radical (unpaired) electrons. The molecule has 0 amide bonds. The van der Waals surface area contributed by atoms with Gasteiger partial charge in [-0.3, -0.25) is 0 Å². The summed E-state index contributed by atoms with van der Waals surface area (Å²) in [6, 6.07) is 0. The van der Waals surface area contributed by atoms with Gasteiger partial charge >= 0.3 is 0 Å². The van der Waals surface area contributed by atoms with Gasteiger partial charge in [0.2, 0.25) is 0 Å². The molecule has 0 heterocycles. The van der Waals surface area contributed by atoms with Crippen LogP contribution in [0, 0.1) is 11.8 Å². The Balaban J connectivity index is 3.88. The zero-order chi connectivity index (χ0) is 11.7. The molecule has 0 N–H and O–H groups in total. The van der Waals surface area contributed by atoms with E-state index in [0.717, 1.165) is 11.8 Å². The minimum absolute atomic E-state index is 0.904. The van der Waals surface area contributed by atoms with Gasteiger partial charge in [0.15, 0.2) is 0 Å². The van der Waals surface area contributed by atoms with Crippen LogP contribution in [0.5, 0.6) is 0 Å². The minimum atomic E-state index is 0.904. The van der Waals surface area contributed by atoms with Gasteiger partial charge in [-0.05, 0) is 32.4 Å². The van der Waals surface area contributed by atoms with Crippen LogP contribution in [-0.4, -0.2) is 25.5 Å². The summed E-state index contributed by atoms with van der Waals surface area (Å²) in [6.07, 6.45) is 8.34. The van der Waals surface area contributed by atoms with Crippen molar-refractivity contribution in [2.45, 2.75) is 59.3 Å². The molecule has 2 unspecified atom stereocenters. The summed E-state index contributed by atoms with van der Waals surface area (Å²) in [5, 5.41) is 0. The molecule has 0 aliphatic carbocycles. The van der Waals surface area contributed by atoms with E-state index < -0.39 is 0 Å². The van der Waals surface area contributed by atoms with Crippen LogP contribution in [-0.2, 0) is 0 Å². The molecule has 15 heavy (non-hydrogen) atoms. The van der Waals surface area contributed by atoms with Crippen molar-refractivity contribution in [1.82, 2.24) is 4.90 Å². The van der Waals surface area contributed by atoms with Crippen LogP contribution in [0.25, 0.3) is 0 Å². The number of rotatable bonds is 9. The van der Waals surface area contributed by atoms with Crippen molar-refractivity contribution in [3.63, 3.8) is 0 Å². The van der Waals surface area contributed by atoms with Crippen LogP contribution in [0.3, 0.4) is 0 Å². The molecule has 0 spiro atoms. The van der Waals surface area contributed by atoms with Crippen molar-refractivity contribution in [2.75, 3.05) is 20.6 Å². The Bertz CT molecular complexity index is 131. The maximum Gasteiger partial charge on any atom is 0.000356 e. The average molecular weight is 213 g/mol. The van der Waals surface area contributed by atoms with E-state index in [-0.39, 0.29) is 0 Å². The molecule has 92 valence electrons. The van der Waals surface area contributed by atoms with Crippen LogP contribution < -0.4 is 0 Å². The zero-order valence-electron chi connectivity index (χ0n) is 11.6. The van der Waals surface area contributed by atoms with E-state index in [9.17, 15) is 0 Å². The zero-order valence-corrected chi connectivity index (χ0v) is 11.6. The third kappa shape index (κ3) is 7.84. The Labute approximate surface area is 97.2 Å². The Morgan fingerprint density at radius 1 is 0.933 bits per heavy atom. The second kappa shape index (κ2) is 9.21. The van der Waals surface area contributed by atoms with Crippen molar-refractivity contribution in [1.29, 1.82) is 0 Å². The smallest absolute Gasteiger partial charge is 0.000356 e. The van der Waals surface area contributed by atoms with Crippen LogP contribution in [0.1, 0.15) is 59.3 Å². The van der Waals surface area contributed by atoms with Gasteiger partial charge < -0.3 is 4.90 Å². The van der Waals surface area contributed by atoms with E-state index in [1.165, 1.54) is 45.1 Å². The molecule has 0 bridgehead atoms. The van der Waals surface area contributed by atoms with Crippen LogP contribution >= 0.6 is 0 Å². The van der Waals surface area contributed by atoms with Gasteiger partial charge in [-0.2, -0.15) is 0 Å². The summed E-state index contributed by atoms with van der Waals surface area (Å²) in [5.41, 5.74) is 0. The summed E-state index contributed by atoms with van der Waals surface area (Å²) in [5.74, 6) is 1.87. The molecule has 0 aliphatic rings. The minimum Gasteiger partial charge on any atom is -0.309 e. The summed E-state index contributed by atoms with van der Waals surface area (Å²) >= 11 is 0. The lowest BCUT2D eigenvalue weighted by atomic mass is 9.87. The first kappa shape index (κ1) is 15.0. The summed E-state index contributed by atoms with van der Waals surface area (Å²) in [7, 11) is 4.38. The molecule has 0 rings (SSSR count). The van der Waals surface area contributed by atoms with Gasteiger partial charge in [0.05, 0.1) is 0 Å². The van der Waals surface area contributed by atoms with Gasteiger partial charge in [-0.1, -0.05) is 52.9 Å². The summed E-state index contributed by atoms with van der Waals surface area (Å²) < 4.78 is 0. The summed E-state index contributed by atoms with van der Waals surface area (Å²) in [4.78, 5) is 2.33. The van der Waals surface area contributed by atoms with Crippen molar-refractivity contribution >= 4 is 0 Å².